The third-order valence-electron chi connectivity index (χ3n) is 5.99. The van der Waals surface area contributed by atoms with E-state index in [1.54, 1.807) is 0 Å². The van der Waals surface area contributed by atoms with Crippen LogP contribution in [0.25, 0.3) is 0 Å². The standard InChI is InChI=1S/C25H34N2O4/c28-25(21-31-23-5-2-1-3-6-23)11-4-12-27(20-25)19-22-7-9-24(10-8-22)30-18-15-26-13-16-29-17-14-26/h1-3,5-10,28H,4,11-21H2. The molecule has 0 saturated carbocycles. The van der Waals surface area contributed by atoms with Gasteiger partial charge in [0.05, 0.1) is 13.2 Å². The molecule has 1 atom stereocenters. The summed E-state index contributed by atoms with van der Waals surface area (Å²) in [6.45, 7) is 8.00. The molecule has 2 aliphatic rings. The van der Waals surface area contributed by atoms with E-state index in [0.717, 1.165) is 70.3 Å². The molecule has 1 unspecified atom stereocenters. The molecule has 4 rings (SSSR count). The molecule has 2 aliphatic heterocycles. The van der Waals surface area contributed by atoms with Gasteiger partial charge < -0.3 is 19.3 Å². The minimum absolute atomic E-state index is 0.323. The van der Waals surface area contributed by atoms with Crippen molar-refractivity contribution in [3.63, 3.8) is 0 Å². The topological polar surface area (TPSA) is 54.4 Å². The zero-order chi connectivity index (χ0) is 21.4. The van der Waals surface area contributed by atoms with Crippen LogP contribution in [0.1, 0.15) is 18.4 Å². The molecule has 2 saturated heterocycles. The highest BCUT2D eigenvalue weighted by atomic mass is 16.5. The smallest absolute Gasteiger partial charge is 0.119 e. The van der Waals surface area contributed by atoms with Crippen LogP contribution in [-0.2, 0) is 11.3 Å². The molecule has 6 nitrogen and oxygen atoms in total. The minimum Gasteiger partial charge on any atom is -0.492 e. The number of para-hydroxylation sites is 1. The van der Waals surface area contributed by atoms with Crippen LogP contribution in [0.4, 0.5) is 0 Å². The molecule has 2 aromatic carbocycles. The van der Waals surface area contributed by atoms with Gasteiger partial charge in [0.15, 0.2) is 0 Å². The van der Waals surface area contributed by atoms with Gasteiger partial charge in [0, 0.05) is 32.7 Å². The van der Waals surface area contributed by atoms with Crippen LogP contribution >= 0.6 is 0 Å². The molecule has 1 N–H and O–H groups in total. The molecule has 0 radical (unpaired) electrons. The van der Waals surface area contributed by atoms with E-state index in [0.29, 0.717) is 19.8 Å². The number of likely N-dealkylation sites (tertiary alicyclic amines) is 1. The Morgan fingerprint density at radius 2 is 1.61 bits per heavy atom. The van der Waals surface area contributed by atoms with Crippen molar-refractivity contribution in [1.82, 2.24) is 9.80 Å². The van der Waals surface area contributed by atoms with E-state index >= 15 is 0 Å². The molecule has 2 fully saturated rings. The second kappa shape index (κ2) is 11.0. The van der Waals surface area contributed by atoms with E-state index in [1.807, 2.05) is 42.5 Å². The molecule has 6 heteroatoms. The average molecular weight is 427 g/mol. The summed E-state index contributed by atoms with van der Waals surface area (Å²) in [7, 11) is 0. The van der Waals surface area contributed by atoms with Crippen molar-refractivity contribution in [2.24, 2.45) is 0 Å². The first-order valence-corrected chi connectivity index (χ1v) is 11.3. The highest BCUT2D eigenvalue weighted by Crippen LogP contribution is 2.24. The Hall–Kier alpha value is -2.12. The summed E-state index contributed by atoms with van der Waals surface area (Å²) >= 11 is 0. The van der Waals surface area contributed by atoms with Gasteiger partial charge >= 0.3 is 0 Å². The predicted octanol–water partition coefficient (Wildman–Crippen LogP) is 2.80. The van der Waals surface area contributed by atoms with Crippen LogP contribution < -0.4 is 9.47 Å². The molecule has 0 bridgehead atoms. The summed E-state index contributed by atoms with van der Waals surface area (Å²) in [6.07, 6.45) is 1.74. The molecule has 0 spiro atoms. The van der Waals surface area contributed by atoms with Gasteiger partial charge in [-0.1, -0.05) is 30.3 Å². The van der Waals surface area contributed by atoms with Crippen molar-refractivity contribution < 1.29 is 19.3 Å². The zero-order valence-corrected chi connectivity index (χ0v) is 18.2. The Labute approximate surface area is 185 Å². The molecule has 0 aliphatic carbocycles. The number of aliphatic hydroxyl groups is 1. The lowest BCUT2D eigenvalue weighted by molar-refractivity contribution is -0.0621. The van der Waals surface area contributed by atoms with Gasteiger partial charge in [-0.05, 0) is 49.2 Å². The molecular formula is C25H34N2O4. The molecule has 0 amide bonds. The number of ether oxygens (including phenoxy) is 3. The molecule has 0 aromatic heterocycles. The maximum absolute atomic E-state index is 11.0. The monoisotopic (exact) mass is 426 g/mol. The first kappa shape index (κ1) is 22.1. The van der Waals surface area contributed by atoms with Crippen LogP contribution in [0, 0.1) is 0 Å². The number of benzene rings is 2. The van der Waals surface area contributed by atoms with E-state index in [9.17, 15) is 5.11 Å². The molecule has 2 heterocycles. The maximum atomic E-state index is 11.0. The lowest BCUT2D eigenvalue weighted by Crippen LogP contribution is -2.51. The SMILES string of the molecule is OC1(COc2ccccc2)CCCN(Cc2ccc(OCCN3CCOCC3)cc2)C1. The fourth-order valence-electron chi connectivity index (χ4n) is 4.26. The maximum Gasteiger partial charge on any atom is 0.119 e. The van der Waals surface area contributed by atoms with Crippen LogP contribution in [0.5, 0.6) is 11.5 Å². The van der Waals surface area contributed by atoms with Crippen LogP contribution in [0.3, 0.4) is 0 Å². The van der Waals surface area contributed by atoms with E-state index in [2.05, 4.69) is 21.9 Å². The summed E-state index contributed by atoms with van der Waals surface area (Å²) in [5.41, 5.74) is 0.421. The Kier molecular flexibility index (Phi) is 7.81. The minimum atomic E-state index is -0.809. The van der Waals surface area contributed by atoms with Gasteiger partial charge in [-0.2, -0.15) is 0 Å². The number of hydrogen-bond donors (Lipinski definition) is 1. The molecule has 168 valence electrons. The van der Waals surface area contributed by atoms with Crippen molar-refractivity contribution in [3.05, 3.63) is 60.2 Å². The van der Waals surface area contributed by atoms with Crippen LogP contribution in [0.2, 0.25) is 0 Å². The third kappa shape index (κ3) is 6.94. The second-order valence-electron chi connectivity index (χ2n) is 8.59. The second-order valence-corrected chi connectivity index (χ2v) is 8.59. The normalized spacial score (nSPS) is 22.9. The highest BCUT2D eigenvalue weighted by Gasteiger charge is 2.34. The molecule has 31 heavy (non-hydrogen) atoms. The van der Waals surface area contributed by atoms with Crippen molar-refractivity contribution in [2.45, 2.75) is 25.0 Å². The number of hydrogen-bond acceptors (Lipinski definition) is 6. The summed E-state index contributed by atoms with van der Waals surface area (Å²) in [6, 6.07) is 18.0. The Bertz CT molecular complexity index is 780. The van der Waals surface area contributed by atoms with E-state index in [4.69, 9.17) is 14.2 Å². The fourth-order valence-corrected chi connectivity index (χ4v) is 4.26. The van der Waals surface area contributed by atoms with Gasteiger partial charge in [-0.15, -0.1) is 0 Å². The van der Waals surface area contributed by atoms with E-state index in [-0.39, 0.29) is 0 Å². The number of piperidine rings is 1. The van der Waals surface area contributed by atoms with Crippen molar-refractivity contribution in [2.75, 3.05) is 59.2 Å². The largest absolute Gasteiger partial charge is 0.492 e. The summed E-state index contributed by atoms with van der Waals surface area (Å²) in [4.78, 5) is 4.68. The average Bonchev–Trinajstić information content (AvgIpc) is 2.81. The lowest BCUT2D eigenvalue weighted by atomic mass is 9.93. The van der Waals surface area contributed by atoms with Gasteiger partial charge in [-0.3, -0.25) is 9.80 Å². The van der Waals surface area contributed by atoms with Crippen LogP contribution in [0.15, 0.2) is 54.6 Å². The molecule has 2 aromatic rings. The van der Waals surface area contributed by atoms with Gasteiger partial charge in [-0.25, -0.2) is 0 Å². The fraction of sp³-hybridized carbons (Fsp3) is 0.520. The van der Waals surface area contributed by atoms with E-state index in [1.165, 1.54) is 5.56 Å². The molecular weight excluding hydrogens is 392 g/mol. The summed E-state index contributed by atoms with van der Waals surface area (Å²) in [5, 5.41) is 11.0. The number of rotatable bonds is 9. The zero-order valence-electron chi connectivity index (χ0n) is 18.2. The van der Waals surface area contributed by atoms with Gasteiger partial charge in [0.1, 0.15) is 30.3 Å². The number of morpholine rings is 1. The Morgan fingerprint density at radius 3 is 2.39 bits per heavy atom. The summed E-state index contributed by atoms with van der Waals surface area (Å²) < 4.78 is 17.1. The number of nitrogens with zero attached hydrogens (tertiary/aromatic N) is 2. The highest BCUT2D eigenvalue weighted by molar-refractivity contribution is 5.27. The number of β-amino-alcohol motifs (C(OH)–C–C–N with tert-alkyl or cyclic N) is 1. The van der Waals surface area contributed by atoms with Crippen molar-refractivity contribution >= 4 is 0 Å². The predicted molar refractivity (Wildman–Crippen MR) is 121 cm³/mol. The third-order valence-corrected chi connectivity index (χ3v) is 5.99. The Morgan fingerprint density at radius 1 is 0.871 bits per heavy atom. The van der Waals surface area contributed by atoms with E-state index < -0.39 is 5.60 Å². The quantitative estimate of drug-likeness (QED) is 0.666. The van der Waals surface area contributed by atoms with Gasteiger partial charge in [0.25, 0.3) is 0 Å². The lowest BCUT2D eigenvalue weighted by Gasteiger charge is -2.39. The Balaban J connectivity index is 1.21. The van der Waals surface area contributed by atoms with Crippen molar-refractivity contribution in [3.8, 4) is 11.5 Å². The van der Waals surface area contributed by atoms with Crippen LogP contribution in [-0.4, -0.2) is 79.7 Å². The van der Waals surface area contributed by atoms with Gasteiger partial charge in [0.2, 0.25) is 0 Å². The summed E-state index contributed by atoms with van der Waals surface area (Å²) in [5.74, 6) is 1.71. The van der Waals surface area contributed by atoms with Crippen molar-refractivity contribution in [1.29, 1.82) is 0 Å². The first-order chi connectivity index (χ1) is 15.2. The first-order valence-electron chi connectivity index (χ1n) is 11.3.